The first kappa shape index (κ1) is 22.8. The van der Waals surface area contributed by atoms with E-state index in [0.717, 1.165) is 25.3 Å². The molecule has 0 saturated carbocycles. The molecule has 4 rings (SSSR count). The maximum atomic E-state index is 13.3. The summed E-state index contributed by atoms with van der Waals surface area (Å²) in [6.07, 6.45) is 4.22. The van der Waals surface area contributed by atoms with E-state index < -0.39 is 0 Å². The molecule has 3 aromatic rings. The number of nitrogens with one attached hydrogen (secondary N) is 1. The first-order chi connectivity index (χ1) is 15.9. The van der Waals surface area contributed by atoms with E-state index in [1.807, 2.05) is 24.6 Å². The number of carbonyl (C=O) groups is 1. The summed E-state index contributed by atoms with van der Waals surface area (Å²) in [5.74, 6) is 0.674. The third kappa shape index (κ3) is 4.73. The summed E-state index contributed by atoms with van der Waals surface area (Å²) >= 11 is 0. The molecular weight excluding hydrogens is 422 g/mol. The number of methoxy groups -OCH3 is 1. The average molecular weight is 454 g/mol. The van der Waals surface area contributed by atoms with Gasteiger partial charge in [-0.2, -0.15) is 5.10 Å². The predicted octanol–water partition coefficient (Wildman–Crippen LogP) is 2.52. The van der Waals surface area contributed by atoms with Crippen LogP contribution in [0.25, 0.3) is 0 Å². The topological polar surface area (TPSA) is 94.5 Å². The fraction of sp³-hybridized carbons (Fsp3) is 0.458. The Morgan fingerprint density at radius 3 is 2.82 bits per heavy atom. The van der Waals surface area contributed by atoms with Crippen LogP contribution in [0.5, 0.6) is 5.75 Å². The van der Waals surface area contributed by atoms with Crippen molar-refractivity contribution in [3.8, 4) is 5.75 Å². The second-order valence-electron chi connectivity index (χ2n) is 8.36. The Balaban J connectivity index is 1.59. The van der Waals surface area contributed by atoms with Crippen LogP contribution in [0, 0.1) is 6.92 Å². The van der Waals surface area contributed by atoms with Gasteiger partial charge in [0.15, 0.2) is 0 Å². The van der Waals surface area contributed by atoms with Crippen LogP contribution in [0.1, 0.15) is 53.0 Å². The molecule has 0 unspecified atom stereocenters. The number of pyridine rings is 1. The Bertz CT molecular complexity index is 1180. The van der Waals surface area contributed by atoms with E-state index in [2.05, 4.69) is 28.4 Å². The fourth-order valence-corrected chi connectivity index (χ4v) is 4.35. The van der Waals surface area contributed by atoms with Gasteiger partial charge in [0.1, 0.15) is 17.1 Å². The van der Waals surface area contributed by atoms with Gasteiger partial charge in [0.05, 0.1) is 25.1 Å². The minimum atomic E-state index is -0.315. The van der Waals surface area contributed by atoms with E-state index in [9.17, 15) is 9.59 Å². The lowest BCUT2D eigenvalue weighted by Crippen LogP contribution is -2.32. The van der Waals surface area contributed by atoms with Gasteiger partial charge in [-0.25, -0.2) is 0 Å². The van der Waals surface area contributed by atoms with E-state index in [-0.39, 0.29) is 17.5 Å². The Kier molecular flexibility index (Phi) is 6.69. The molecule has 9 nitrogen and oxygen atoms in total. The molecular formula is C24H31N5O4. The molecule has 0 bridgehead atoms. The summed E-state index contributed by atoms with van der Waals surface area (Å²) in [4.78, 5) is 28.5. The zero-order valence-electron chi connectivity index (χ0n) is 19.6. The smallest absolute Gasteiger partial charge is 0.257 e. The highest BCUT2D eigenvalue weighted by Crippen LogP contribution is 2.25. The second kappa shape index (κ2) is 9.66. The Morgan fingerprint density at radius 1 is 1.33 bits per heavy atom. The summed E-state index contributed by atoms with van der Waals surface area (Å²) in [7, 11) is 1.48. The molecule has 0 spiro atoms. The maximum absolute atomic E-state index is 13.3. The van der Waals surface area contributed by atoms with Crippen molar-refractivity contribution >= 4 is 5.91 Å². The molecule has 1 atom stereocenters. The maximum Gasteiger partial charge on any atom is 0.257 e. The fourth-order valence-electron chi connectivity index (χ4n) is 4.35. The number of aryl methyl sites for hydroxylation is 2. The van der Waals surface area contributed by atoms with E-state index in [4.69, 9.17) is 9.15 Å². The normalized spacial score (nSPS) is 15.0. The number of nitrogens with zero attached hydrogens (tertiary/aromatic N) is 4. The zero-order chi connectivity index (χ0) is 23.5. The summed E-state index contributed by atoms with van der Waals surface area (Å²) in [5.41, 5.74) is 3.15. The van der Waals surface area contributed by atoms with Crippen LogP contribution < -0.4 is 15.6 Å². The lowest BCUT2D eigenvalue weighted by atomic mass is 10.1. The first-order valence-corrected chi connectivity index (χ1v) is 11.3. The molecule has 1 aliphatic rings. The summed E-state index contributed by atoms with van der Waals surface area (Å²) in [6, 6.07) is 4.69. The highest BCUT2D eigenvalue weighted by molar-refractivity contribution is 5.98. The van der Waals surface area contributed by atoms with Gasteiger partial charge in [0.2, 0.25) is 0 Å². The van der Waals surface area contributed by atoms with E-state index in [1.54, 1.807) is 16.9 Å². The molecule has 33 heavy (non-hydrogen) atoms. The van der Waals surface area contributed by atoms with E-state index in [1.165, 1.54) is 18.7 Å². The first-order valence-electron chi connectivity index (χ1n) is 11.3. The number of hydrogen-bond donors (Lipinski definition) is 1. The summed E-state index contributed by atoms with van der Waals surface area (Å²) in [6.45, 7) is 9.46. The quantitative estimate of drug-likeness (QED) is 0.591. The monoisotopic (exact) mass is 453 g/mol. The van der Waals surface area contributed by atoms with Gasteiger partial charge < -0.3 is 19.0 Å². The third-order valence-corrected chi connectivity index (χ3v) is 6.22. The van der Waals surface area contributed by atoms with Gasteiger partial charge in [0.25, 0.3) is 11.5 Å². The number of aromatic nitrogens is 3. The minimum Gasteiger partial charge on any atom is -0.496 e. The number of ether oxygens (including phenoxy) is 1. The van der Waals surface area contributed by atoms with Crippen molar-refractivity contribution in [2.75, 3.05) is 20.2 Å². The van der Waals surface area contributed by atoms with E-state index >= 15 is 0 Å². The molecule has 9 heteroatoms. The van der Waals surface area contributed by atoms with Crippen molar-refractivity contribution in [2.45, 2.75) is 52.9 Å². The third-order valence-electron chi connectivity index (χ3n) is 6.22. The van der Waals surface area contributed by atoms with Crippen LogP contribution in [-0.2, 0) is 26.1 Å². The summed E-state index contributed by atoms with van der Waals surface area (Å²) in [5, 5.41) is 7.52. The SMILES string of the molecule is CCn1cc(CN2CCc3c(C(=O)N[C@@H](C)c4ccco4)c(OC)cc(=O)n3CC2)c(C)n1. The Hall–Kier alpha value is -3.33. The molecule has 1 aliphatic heterocycles. The molecule has 4 heterocycles. The van der Waals surface area contributed by atoms with Gasteiger partial charge >= 0.3 is 0 Å². The van der Waals surface area contributed by atoms with Crippen LogP contribution in [0.4, 0.5) is 0 Å². The Morgan fingerprint density at radius 2 is 2.15 bits per heavy atom. The van der Waals surface area contributed by atoms with Crippen LogP contribution in [0.2, 0.25) is 0 Å². The van der Waals surface area contributed by atoms with Crippen molar-refractivity contribution < 1.29 is 13.9 Å². The molecule has 1 amide bonds. The average Bonchev–Trinajstić information content (AvgIpc) is 3.40. The Labute approximate surface area is 192 Å². The van der Waals surface area contributed by atoms with Gasteiger partial charge in [-0.05, 0) is 32.9 Å². The van der Waals surface area contributed by atoms with Crippen LogP contribution in [0.3, 0.4) is 0 Å². The minimum absolute atomic E-state index is 0.158. The van der Waals surface area contributed by atoms with Crippen molar-refractivity contribution in [2.24, 2.45) is 0 Å². The summed E-state index contributed by atoms with van der Waals surface area (Å²) < 4.78 is 14.5. The lowest BCUT2D eigenvalue weighted by Gasteiger charge is -2.19. The predicted molar refractivity (Wildman–Crippen MR) is 123 cm³/mol. The molecule has 0 fully saturated rings. The molecule has 176 valence electrons. The highest BCUT2D eigenvalue weighted by atomic mass is 16.5. The molecule has 0 aliphatic carbocycles. The zero-order valence-corrected chi connectivity index (χ0v) is 19.6. The number of fused-ring (bicyclic) bond motifs is 1. The molecule has 0 saturated heterocycles. The van der Waals surface area contributed by atoms with E-state index in [0.29, 0.717) is 42.3 Å². The van der Waals surface area contributed by atoms with Crippen molar-refractivity contribution in [1.82, 2.24) is 24.6 Å². The van der Waals surface area contributed by atoms with Crippen molar-refractivity contribution in [3.05, 3.63) is 69.3 Å². The second-order valence-corrected chi connectivity index (χ2v) is 8.36. The molecule has 3 aromatic heterocycles. The van der Waals surface area contributed by atoms with Gasteiger partial charge in [-0.1, -0.05) is 0 Å². The van der Waals surface area contributed by atoms with Crippen LogP contribution in [0.15, 0.2) is 39.9 Å². The number of furan rings is 1. The van der Waals surface area contributed by atoms with Crippen molar-refractivity contribution in [1.29, 1.82) is 0 Å². The largest absolute Gasteiger partial charge is 0.496 e. The lowest BCUT2D eigenvalue weighted by molar-refractivity contribution is 0.0930. The number of rotatable bonds is 7. The number of carbonyl (C=O) groups excluding carboxylic acids is 1. The molecule has 0 aromatic carbocycles. The van der Waals surface area contributed by atoms with Gasteiger partial charge in [0, 0.05) is 62.7 Å². The number of hydrogen-bond acceptors (Lipinski definition) is 6. The molecule has 0 radical (unpaired) electrons. The van der Waals surface area contributed by atoms with Crippen LogP contribution >= 0.6 is 0 Å². The molecule has 1 N–H and O–H groups in total. The van der Waals surface area contributed by atoms with Gasteiger partial charge in [-0.15, -0.1) is 0 Å². The van der Waals surface area contributed by atoms with Crippen molar-refractivity contribution in [3.63, 3.8) is 0 Å². The number of amides is 1. The van der Waals surface area contributed by atoms with Crippen LogP contribution in [-0.4, -0.2) is 45.4 Å². The van der Waals surface area contributed by atoms with Gasteiger partial charge in [-0.3, -0.25) is 19.2 Å². The highest BCUT2D eigenvalue weighted by Gasteiger charge is 2.27. The standard InChI is InChI=1S/C24H31N5O4/c1-5-28-15-18(16(2)26-28)14-27-9-8-19-23(21(32-4)13-22(30)29(19)11-10-27)24(31)25-17(3)20-7-6-12-33-20/h6-7,12-13,15,17H,5,8-11,14H2,1-4H3,(H,25,31)/t17-/m0/s1.